The van der Waals surface area contributed by atoms with E-state index in [0.717, 1.165) is 19.3 Å². The average molecular weight is 297 g/mol. The largest absolute Gasteiger partial charge is 0.373 e. The van der Waals surface area contributed by atoms with Gasteiger partial charge in [-0.3, -0.25) is 0 Å². The molecule has 1 atom stereocenters. The minimum Gasteiger partial charge on any atom is -0.373 e. The highest BCUT2D eigenvalue weighted by molar-refractivity contribution is 7.89. The maximum Gasteiger partial charge on any atom is 0.241 e. The van der Waals surface area contributed by atoms with Crippen molar-refractivity contribution in [3.05, 3.63) is 18.3 Å². The molecule has 1 aliphatic carbocycles. The second kappa shape index (κ2) is 5.69. The van der Waals surface area contributed by atoms with Crippen LogP contribution in [-0.4, -0.2) is 26.5 Å². The minimum atomic E-state index is -3.49. The number of sulfonamides is 1. The lowest BCUT2D eigenvalue weighted by Crippen LogP contribution is -2.46. The summed E-state index contributed by atoms with van der Waals surface area (Å²) in [6, 6.07) is 3.07. The highest BCUT2D eigenvalue weighted by Gasteiger charge is 2.35. The van der Waals surface area contributed by atoms with Gasteiger partial charge in [-0.25, -0.2) is 18.1 Å². The molecule has 0 radical (unpaired) electrons. The van der Waals surface area contributed by atoms with Gasteiger partial charge in [0.05, 0.1) is 4.90 Å². The highest BCUT2D eigenvalue weighted by Crippen LogP contribution is 2.36. The Labute approximate surface area is 121 Å². The van der Waals surface area contributed by atoms with Crippen LogP contribution in [-0.2, 0) is 10.0 Å². The summed E-state index contributed by atoms with van der Waals surface area (Å²) >= 11 is 0. The van der Waals surface area contributed by atoms with Crippen LogP contribution in [0.1, 0.15) is 39.5 Å². The van der Waals surface area contributed by atoms with Gasteiger partial charge in [-0.15, -0.1) is 0 Å². The van der Waals surface area contributed by atoms with Gasteiger partial charge in [0.15, 0.2) is 0 Å². The molecule has 5 nitrogen and oxygen atoms in total. The maximum atomic E-state index is 12.5. The van der Waals surface area contributed by atoms with Crippen molar-refractivity contribution < 1.29 is 8.42 Å². The molecular formula is C14H23N3O2S. The van der Waals surface area contributed by atoms with Crippen molar-refractivity contribution in [3.8, 4) is 0 Å². The zero-order valence-corrected chi connectivity index (χ0v) is 13.1. The number of rotatable bonds is 4. The predicted molar refractivity (Wildman–Crippen MR) is 80.1 cm³/mol. The summed E-state index contributed by atoms with van der Waals surface area (Å²) < 4.78 is 27.8. The summed E-state index contributed by atoms with van der Waals surface area (Å²) in [6.07, 6.45) is 5.71. The van der Waals surface area contributed by atoms with E-state index in [9.17, 15) is 8.42 Å². The Balaban J connectivity index is 2.22. The van der Waals surface area contributed by atoms with E-state index in [1.807, 2.05) is 0 Å². The summed E-state index contributed by atoms with van der Waals surface area (Å²) in [4.78, 5) is 4.31. The van der Waals surface area contributed by atoms with Gasteiger partial charge >= 0.3 is 0 Å². The van der Waals surface area contributed by atoms with Gasteiger partial charge in [-0.2, -0.15) is 0 Å². The molecule has 2 rings (SSSR count). The van der Waals surface area contributed by atoms with Crippen LogP contribution in [0.5, 0.6) is 0 Å². The molecule has 1 heterocycles. The SMILES string of the molecule is CNc1cc(S(=O)(=O)NC2CCCCC2(C)C)ccn1. The Morgan fingerprint density at radius 1 is 1.35 bits per heavy atom. The van der Waals surface area contributed by atoms with Crippen molar-refractivity contribution in [2.24, 2.45) is 5.41 Å². The molecule has 0 amide bonds. The van der Waals surface area contributed by atoms with Crippen LogP contribution in [0.4, 0.5) is 5.82 Å². The predicted octanol–water partition coefficient (Wildman–Crippen LogP) is 2.37. The van der Waals surface area contributed by atoms with Crippen molar-refractivity contribution in [2.45, 2.75) is 50.5 Å². The fourth-order valence-electron chi connectivity index (χ4n) is 2.68. The fraction of sp³-hybridized carbons (Fsp3) is 0.643. The molecule has 1 aliphatic rings. The number of aromatic nitrogens is 1. The van der Waals surface area contributed by atoms with E-state index in [-0.39, 0.29) is 16.4 Å². The number of anilines is 1. The third-order valence-electron chi connectivity index (χ3n) is 4.10. The van der Waals surface area contributed by atoms with Gasteiger partial charge in [-0.1, -0.05) is 26.7 Å². The van der Waals surface area contributed by atoms with Crippen LogP contribution >= 0.6 is 0 Å². The Morgan fingerprint density at radius 3 is 2.75 bits per heavy atom. The number of pyridine rings is 1. The first kappa shape index (κ1) is 15.3. The zero-order valence-electron chi connectivity index (χ0n) is 12.3. The quantitative estimate of drug-likeness (QED) is 0.895. The normalized spacial score (nSPS) is 22.4. The summed E-state index contributed by atoms with van der Waals surface area (Å²) in [7, 11) is -1.77. The van der Waals surface area contributed by atoms with Gasteiger partial charge in [0.25, 0.3) is 0 Å². The smallest absolute Gasteiger partial charge is 0.241 e. The Morgan fingerprint density at radius 2 is 2.10 bits per heavy atom. The molecule has 6 heteroatoms. The maximum absolute atomic E-state index is 12.5. The number of hydrogen-bond acceptors (Lipinski definition) is 4. The second-order valence-corrected chi connectivity index (χ2v) is 7.75. The molecular weight excluding hydrogens is 274 g/mol. The minimum absolute atomic E-state index is 0.00415. The summed E-state index contributed by atoms with van der Waals surface area (Å²) in [5.74, 6) is 0.552. The monoisotopic (exact) mass is 297 g/mol. The number of nitrogens with zero attached hydrogens (tertiary/aromatic N) is 1. The van der Waals surface area contributed by atoms with Crippen LogP contribution < -0.4 is 10.0 Å². The van der Waals surface area contributed by atoms with Gasteiger partial charge in [0.1, 0.15) is 5.82 Å². The molecule has 0 saturated heterocycles. The van der Waals surface area contributed by atoms with Crippen LogP contribution in [0.15, 0.2) is 23.2 Å². The van der Waals surface area contributed by atoms with Gasteiger partial charge in [0.2, 0.25) is 10.0 Å². The Bertz CT molecular complexity index is 570. The summed E-state index contributed by atoms with van der Waals surface area (Å²) in [6.45, 7) is 4.26. The molecule has 1 fully saturated rings. The lowest BCUT2D eigenvalue weighted by Gasteiger charge is -2.38. The van der Waals surface area contributed by atoms with Gasteiger partial charge < -0.3 is 5.32 Å². The van der Waals surface area contributed by atoms with E-state index < -0.39 is 10.0 Å². The van der Waals surface area contributed by atoms with E-state index >= 15 is 0 Å². The van der Waals surface area contributed by atoms with Gasteiger partial charge in [-0.05, 0) is 24.3 Å². The van der Waals surface area contributed by atoms with Crippen LogP contribution in [0.2, 0.25) is 0 Å². The molecule has 1 saturated carbocycles. The average Bonchev–Trinajstić information content (AvgIpc) is 2.41. The van der Waals surface area contributed by atoms with Crippen molar-refractivity contribution in [3.63, 3.8) is 0 Å². The first-order chi connectivity index (χ1) is 9.35. The lowest BCUT2D eigenvalue weighted by atomic mass is 9.74. The first-order valence-corrected chi connectivity index (χ1v) is 8.50. The molecule has 20 heavy (non-hydrogen) atoms. The fourth-order valence-corrected chi connectivity index (χ4v) is 4.14. The number of nitrogens with one attached hydrogen (secondary N) is 2. The molecule has 112 valence electrons. The summed E-state index contributed by atoms with van der Waals surface area (Å²) in [5.41, 5.74) is 0.00415. The molecule has 2 N–H and O–H groups in total. The third-order valence-corrected chi connectivity index (χ3v) is 5.57. The second-order valence-electron chi connectivity index (χ2n) is 6.04. The molecule has 1 aromatic rings. The van der Waals surface area contributed by atoms with Crippen molar-refractivity contribution in [2.75, 3.05) is 12.4 Å². The zero-order chi connectivity index (χ0) is 14.8. The van der Waals surface area contributed by atoms with Gasteiger partial charge in [0, 0.05) is 25.4 Å². The van der Waals surface area contributed by atoms with Crippen molar-refractivity contribution in [1.29, 1.82) is 0 Å². The van der Waals surface area contributed by atoms with Crippen LogP contribution in [0.3, 0.4) is 0 Å². The van der Waals surface area contributed by atoms with E-state index in [0.29, 0.717) is 5.82 Å². The molecule has 0 spiro atoms. The van der Waals surface area contributed by atoms with E-state index in [1.165, 1.54) is 18.7 Å². The van der Waals surface area contributed by atoms with Crippen molar-refractivity contribution >= 4 is 15.8 Å². The van der Waals surface area contributed by atoms with E-state index in [1.54, 1.807) is 13.1 Å². The number of hydrogen-bond donors (Lipinski definition) is 2. The molecule has 0 aromatic carbocycles. The third kappa shape index (κ3) is 3.30. The van der Waals surface area contributed by atoms with Crippen LogP contribution in [0, 0.1) is 5.41 Å². The topological polar surface area (TPSA) is 71.1 Å². The first-order valence-electron chi connectivity index (χ1n) is 7.01. The summed E-state index contributed by atoms with van der Waals surface area (Å²) in [5, 5.41) is 2.86. The van der Waals surface area contributed by atoms with E-state index in [2.05, 4.69) is 28.9 Å². The molecule has 0 bridgehead atoms. The highest BCUT2D eigenvalue weighted by atomic mass is 32.2. The van der Waals surface area contributed by atoms with E-state index in [4.69, 9.17) is 0 Å². The molecule has 1 aromatic heterocycles. The lowest BCUT2D eigenvalue weighted by molar-refractivity contribution is 0.188. The molecule has 1 unspecified atom stereocenters. The molecule has 0 aliphatic heterocycles. The van der Waals surface area contributed by atoms with Crippen LogP contribution in [0.25, 0.3) is 0 Å². The van der Waals surface area contributed by atoms with Crippen molar-refractivity contribution in [1.82, 2.24) is 9.71 Å². The Hall–Kier alpha value is -1.14. The standard InChI is InChI=1S/C14H23N3O2S/c1-14(2)8-5-4-6-12(14)17-20(18,19)11-7-9-16-13(10-11)15-3/h7,9-10,12,17H,4-6,8H2,1-3H3,(H,15,16). The Kier molecular flexibility index (Phi) is 4.34.